The summed E-state index contributed by atoms with van der Waals surface area (Å²) in [6, 6.07) is 9.17. The maximum atomic E-state index is 14.9. The number of aromatic nitrogens is 7. The Morgan fingerprint density at radius 2 is 1.88 bits per heavy atom. The molecule has 40 heavy (non-hydrogen) atoms. The Bertz CT molecular complexity index is 1770. The summed E-state index contributed by atoms with van der Waals surface area (Å²) in [5, 5.41) is 17.8. The molecule has 0 fully saturated rings. The van der Waals surface area contributed by atoms with E-state index in [-0.39, 0.29) is 35.6 Å². The average Bonchev–Trinajstić information content (AvgIpc) is 3.40. The van der Waals surface area contributed by atoms with Crippen molar-refractivity contribution in [1.82, 2.24) is 40.4 Å². The lowest BCUT2D eigenvalue weighted by Gasteiger charge is -2.09. The first kappa shape index (κ1) is 25.9. The molecule has 0 radical (unpaired) electrons. The molecular formula is C26H18F2N10O2. The van der Waals surface area contributed by atoms with Gasteiger partial charge in [-0.3, -0.25) is 14.8 Å². The zero-order chi connectivity index (χ0) is 28.2. The van der Waals surface area contributed by atoms with Crippen molar-refractivity contribution in [3.05, 3.63) is 89.1 Å². The van der Waals surface area contributed by atoms with Crippen molar-refractivity contribution in [2.45, 2.75) is 20.4 Å². The van der Waals surface area contributed by atoms with Gasteiger partial charge in [-0.25, -0.2) is 23.7 Å². The quantitative estimate of drug-likeness (QED) is 0.308. The van der Waals surface area contributed by atoms with Gasteiger partial charge in [0.05, 0.1) is 11.9 Å². The van der Waals surface area contributed by atoms with Crippen LogP contribution in [0.5, 0.6) is 0 Å². The molecule has 12 nitrogen and oxygen atoms in total. The maximum Gasteiger partial charge on any atom is 0.330 e. The van der Waals surface area contributed by atoms with E-state index >= 15 is 0 Å². The number of aryl methyl sites for hydroxylation is 2. The number of nitrogens with zero attached hydrogens (tertiary/aromatic N) is 8. The van der Waals surface area contributed by atoms with E-state index in [0.717, 1.165) is 12.3 Å². The van der Waals surface area contributed by atoms with E-state index in [1.54, 1.807) is 38.1 Å². The monoisotopic (exact) mass is 540 g/mol. The Morgan fingerprint density at radius 1 is 1.02 bits per heavy atom. The molecule has 5 aromatic rings. The molecule has 0 atom stereocenters. The lowest BCUT2D eigenvalue weighted by molar-refractivity contribution is 0.0941. The fraction of sp³-hybridized carbons (Fsp3) is 0.115. The van der Waals surface area contributed by atoms with Crippen LogP contribution in [0.1, 0.15) is 33.3 Å². The summed E-state index contributed by atoms with van der Waals surface area (Å²) in [6.45, 7) is 3.52. The fourth-order valence-corrected chi connectivity index (χ4v) is 3.64. The number of carbonyl (C=O) groups excluding carboxylic acids is 1. The van der Waals surface area contributed by atoms with Gasteiger partial charge in [0.15, 0.2) is 23.4 Å². The molecule has 14 heteroatoms. The molecule has 5 heterocycles. The Morgan fingerprint density at radius 3 is 2.60 bits per heavy atom. The van der Waals surface area contributed by atoms with Crippen LogP contribution < -0.4 is 10.6 Å². The Kier molecular flexibility index (Phi) is 7.10. The predicted octanol–water partition coefficient (Wildman–Crippen LogP) is 3.82. The first-order chi connectivity index (χ1) is 19.3. The fourth-order valence-electron chi connectivity index (χ4n) is 3.64. The van der Waals surface area contributed by atoms with Crippen LogP contribution in [0.4, 0.5) is 20.5 Å². The van der Waals surface area contributed by atoms with Crippen molar-refractivity contribution in [2.75, 3.05) is 5.32 Å². The van der Waals surface area contributed by atoms with E-state index < -0.39 is 23.2 Å². The molecule has 0 aliphatic heterocycles. The number of carbonyl (C=O) groups is 1. The van der Waals surface area contributed by atoms with Crippen LogP contribution in [0.15, 0.2) is 53.4 Å². The second kappa shape index (κ2) is 11.0. The molecule has 2 N–H and O–H groups in total. The third-order valence-electron chi connectivity index (χ3n) is 5.54. The van der Waals surface area contributed by atoms with Crippen molar-refractivity contribution >= 4 is 17.7 Å². The minimum atomic E-state index is -0.867. The van der Waals surface area contributed by atoms with E-state index in [1.165, 1.54) is 18.5 Å². The highest BCUT2D eigenvalue weighted by atomic mass is 19.1. The number of anilines is 2. The van der Waals surface area contributed by atoms with E-state index in [1.807, 2.05) is 0 Å². The summed E-state index contributed by atoms with van der Waals surface area (Å²) < 4.78 is 33.2. The number of rotatable bonds is 7. The second-order valence-corrected chi connectivity index (χ2v) is 8.45. The highest BCUT2D eigenvalue weighted by molar-refractivity contribution is 5.92. The molecule has 5 rings (SSSR count). The molecular weight excluding hydrogens is 522 g/mol. The van der Waals surface area contributed by atoms with Crippen molar-refractivity contribution in [3.8, 4) is 28.7 Å². The second-order valence-electron chi connectivity index (χ2n) is 8.45. The maximum absolute atomic E-state index is 14.9. The van der Waals surface area contributed by atoms with Crippen LogP contribution in [-0.2, 0) is 6.54 Å². The van der Waals surface area contributed by atoms with Gasteiger partial charge in [0, 0.05) is 47.5 Å². The Balaban J connectivity index is 1.27. The zero-order valence-corrected chi connectivity index (χ0v) is 21.0. The largest absolute Gasteiger partial charge is 0.346 e. The van der Waals surface area contributed by atoms with Gasteiger partial charge in [-0.2, -0.15) is 10.2 Å². The topological polar surface area (TPSA) is 168 Å². The van der Waals surface area contributed by atoms with Crippen LogP contribution in [0.3, 0.4) is 0 Å². The van der Waals surface area contributed by atoms with Crippen LogP contribution >= 0.6 is 0 Å². The first-order valence-electron chi connectivity index (χ1n) is 11.7. The predicted molar refractivity (Wildman–Crippen MR) is 136 cm³/mol. The molecule has 0 saturated carbocycles. The standard InChI is InChI=1S/C26H18F2N10O2/c1-13-5-21(36-26-37-22(8-29)40-38-26)35-24(34-13)16-6-19(28)23(32-11-16)25(39)33-10-15-3-4-20(31-9-15)18-7-17(27)12-30-14(18)2/h3-7,9,11-12H,10H2,1-2H3,(H,33,39)(H,34,35,36,38). The van der Waals surface area contributed by atoms with Gasteiger partial charge in [0.25, 0.3) is 11.9 Å². The van der Waals surface area contributed by atoms with Gasteiger partial charge in [-0.05, 0) is 42.8 Å². The van der Waals surface area contributed by atoms with Gasteiger partial charge >= 0.3 is 5.89 Å². The smallest absolute Gasteiger partial charge is 0.330 e. The molecule has 198 valence electrons. The van der Waals surface area contributed by atoms with Crippen LogP contribution in [-0.4, -0.2) is 41.0 Å². The minimum absolute atomic E-state index is 0.0165. The Labute approximate surface area is 225 Å². The molecule has 0 aliphatic rings. The number of pyridine rings is 3. The molecule has 0 saturated heterocycles. The zero-order valence-electron chi connectivity index (χ0n) is 21.0. The number of hydrogen-bond donors (Lipinski definition) is 2. The molecule has 1 amide bonds. The summed E-state index contributed by atoms with van der Waals surface area (Å²) in [7, 11) is 0. The highest BCUT2D eigenvalue weighted by Gasteiger charge is 2.17. The van der Waals surface area contributed by atoms with Crippen LogP contribution in [0, 0.1) is 36.8 Å². The summed E-state index contributed by atoms with van der Waals surface area (Å²) in [5.41, 5.74) is 2.74. The SMILES string of the molecule is Cc1cc(Nc2noc(C#N)n2)nc(-c2cnc(C(=O)NCc3ccc(-c4cc(F)cnc4C)nc3)c(F)c2)n1. The summed E-state index contributed by atoms with van der Waals surface area (Å²) >= 11 is 0. The third-order valence-corrected chi connectivity index (χ3v) is 5.54. The first-order valence-corrected chi connectivity index (χ1v) is 11.7. The van der Waals surface area contributed by atoms with Crippen molar-refractivity contribution in [3.63, 3.8) is 0 Å². The highest BCUT2D eigenvalue weighted by Crippen LogP contribution is 2.22. The molecule has 0 spiro atoms. The molecule has 0 unspecified atom stereocenters. The number of hydrogen-bond acceptors (Lipinski definition) is 11. The molecule has 0 bridgehead atoms. The number of nitriles is 1. The van der Waals surface area contributed by atoms with Gasteiger partial charge in [-0.1, -0.05) is 6.07 Å². The lowest BCUT2D eigenvalue weighted by atomic mass is 10.1. The normalized spacial score (nSPS) is 10.7. The van der Waals surface area contributed by atoms with E-state index in [0.29, 0.717) is 28.2 Å². The van der Waals surface area contributed by atoms with Gasteiger partial charge in [0.2, 0.25) is 0 Å². The summed E-state index contributed by atoms with van der Waals surface area (Å²) in [5.74, 6) is -1.85. The average molecular weight is 540 g/mol. The number of nitrogens with one attached hydrogen (secondary N) is 2. The minimum Gasteiger partial charge on any atom is -0.346 e. The molecule has 0 aromatic carbocycles. The lowest BCUT2D eigenvalue weighted by Crippen LogP contribution is -2.25. The van der Waals surface area contributed by atoms with E-state index in [9.17, 15) is 13.6 Å². The van der Waals surface area contributed by atoms with Crippen LogP contribution in [0.2, 0.25) is 0 Å². The van der Waals surface area contributed by atoms with E-state index in [4.69, 9.17) is 9.78 Å². The van der Waals surface area contributed by atoms with Crippen LogP contribution in [0.25, 0.3) is 22.6 Å². The van der Waals surface area contributed by atoms with Crippen molar-refractivity contribution < 1.29 is 18.1 Å². The molecule has 5 aromatic heterocycles. The van der Waals surface area contributed by atoms with Gasteiger partial charge in [0.1, 0.15) is 11.6 Å². The summed E-state index contributed by atoms with van der Waals surface area (Å²) in [6.07, 6.45) is 3.95. The summed E-state index contributed by atoms with van der Waals surface area (Å²) in [4.78, 5) is 37.3. The van der Waals surface area contributed by atoms with Crippen molar-refractivity contribution in [1.29, 1.82) is 5.26 Å². The van der Waals surface area contributed by atoms with Gasteiger partial charge in [-0.15, -0.1) is 0 Å². The van der Waals surface area contributed by atoms with Gasteiger partial charge < -0.3 is 15.2 Å². The molecule has 0 aliphatic carbocycles. The van der Waals surface area contributed by atoms with Crippen molar-refractivity contribution in [2.24, 2.45) is 0 Å². The number of amides is 1. The third kappa shape index (κ3) is 5.73. The number of halogens is 2. The Hall–Kier alpha value is -5.71. The van der Waals surface area contributed by atoms with E-state index in [2.05, 4.69) is 45.7 Å².